The number of carbonyl (C=O) groups excluding carboxylic acids is 1. The molecule has 1 aromatic heterocycles. The Bertz CT molecular complexity index is 369. The second-order valence-electron chi connectivity index (χ2n) is 4.27. The normalized spacial score (nSPS) is 20.9. The molecule has 0 unspecified atom stereocenters. The van der Waals surface area contributed by atoms with E-state index in [9.17, 15) is 4.79 Å². The number of nitrogens with one attached hydrogen (secondary N) is 1. The van der Waals surface area contributed by atoms with Crippen LogP contribution < -0.4 is 5.32 Å². The van der Waals surface area contributed by atoms with Gasteiger partial charge in [-0.05, 0) is 37.1 Å². The summed E-state index contributed by atoms with van der Waals surface area (Å²) >= 11 is 1.69. The molecule has 1 aliphatic rings. The summed E-state index contributed by atoms with van der Waals surface area (Å²) in [7, 11) is 0. The van der Waals surface area contributed by atoms with Crippen LogP contribution in [0.1, 0.15) is 37.1 Å². The summed E-state index contributed by atoms with van der Waals surface area (Å²) in [6.07, 6.45) is 7.21. The van der Waals surface area contributed by atoms with Gasteiger partial charge in [0.1, 0.15) is 0 Å². The molecule has 2 atom stereocenters. The van der Waals surface area contributed by atoms with E-state index in [-0.39, 0.29) is 11.9 Å². The molecule has 0 aliphatic heterocycles. The Kier molecular flexibility index (Phi) is 3.78. The minimum absolute atomic E-state index is 0.137. The molecule has 0 spiro atoms. The predicted molar refractivity (Wildman–Crippen MR) is 67.4 cm³/mol. The van der Waals surface area contributed by atoms with Crippen LogP contribution in [-0.4, -0.2) is 5.91 Å². The zero-order valence-corrected chi connectivity index (χ0v) is 10.3. The van der Waals surface area contributed by atoms with Gasteiger partial charge < -0.3 is 5.32 Å². The van der Waals surface area contributed by atoms with Crippen molar-refractivity contribution in [1.82, 2.24) is 5.32 Å². The largest absolute Gasteiger partial charge is 0.349 e. The second kappa shape index (κ2) is 5.30. The fourth-order valence-electron chi connectivity index (χ4n) is 2.01. The molecule has 0 radical (unpaired) electrons. The third-order valence-electron chi connectivity index (χ3n) is 2.91. The maximum Gasteiger partial charge on any atom is 0.221 e. The van der Waals surface area contributed by atoms with E-state index in [1.165, 1.54) is 4.88 Å². The number of amides is 1. The van der Waals surface area contributed by atoms with Gasteiger partial charge in [0, 0.05) is 11.3 Å². The van der Waals surface area contributed by atoms with E-state index in [0.717, 1.165) is 12.8 Å². The molecule has 2 nitrogen and oxygen atoms in total. The van der Waals surface area contributed by atoms with Gasteiger partial charge in [0.25, 0.3) is 0 Å². The maximum absolute atomic E-state index is 11.8. The van der Waals surface area contributed by atoms with E-state index in [4.69, 9.17) is 0 Å². The first kappa shape index (κ1) is 11.4. The van der Waals surface area contributed by atoms with Crippen molar-refractivity contribution in [3.63, 3.8) is 0 Å². The van der Waals surface area contributed by atoms with Crippen molar-refractivity contribution in [2.75, 3.05) is 0 Å². The van der Waals surface area contributed by atoms with Crippen molar-refractivity contribution in [3.05, 3.63) is 34.5 Å². The zero-order valence-electron chi connectivity index (χ0n) is 9.48. The molecular weight excluding hydrogens is 218 g/mol. The molecule has 0 bridgehead atoms. The summed E-state index contributed by atoms with van der Waals surface area (Å²) in [6.45, 7) is 2.04. The van der Waals surface area contributed by atoms with Crippen LogP contribution in [0.3, 0.4) is 0 Å². The first-order chi connectivity index (χ1) is 7.75. The van der Waals surface area contributed by atoms with Gasteiger partial charge in [-0.3, -0.25) is 4.79 Å². The molecule has 86 valence electrons. The standard InChI is InChI=1S/C13H17NOS/c1-10(12-7-4-8-16-12)14-13(15)9-11-5-2-3-6-11/h2,4-5,7-8,10-11H,3,6,9H2,1H3,(H,14,15)/t10-,11-/m1/s1. The first-order valence-corrected chi connectivity index (χ1v) is 6.63. The molecular formula is C13H17NOS. The Morgan fingerprint density at radius 1 is 1.69 bits per heavy atom. The van der Waals surface area contributed by atoms with Crippen LogP contribution in [0.2, 0.25) is 0 Å². The number of hydrogen-bond donors (Lipinski definition) is 1. The summed E-state index contributed by atoms with van der Waals surface area (Å²) < 4.78 is 0. The van der Waals surface area contributed by atoms with Crippen molar-refractivity contribution in [2.24, 2.45) is 5.92 Å². The van der Waals surface area contributed by atoms with Crippen LogP contribution in [0.25, 0.3) is 0 Å². The summed E-state index contributed by atoms with van der Waals surface area (Å²) in [4.78, 5) is 13.0. The summed E-state index contributed by atoms with van der Waals surface area (Å²) in [6, 6.07) is 4.21. The molecule has 1 heterocycles. The highest BCUT2D eigenvalue weighted by molar-refractivity contribution is 7.10. The van der Waals surface area contributed by atoms with Gasteiger partial charge in [0.15, 0.2) is 0 Å². The fraction of sp³-hybridized carbons (Fsp3) is 0.462. The van der Waals surface area contributed by atoms with Gasteiger partial charge in [-0.25, -0.2) is 0 Å². The third-order valence-corrected chi connectivity index (χ3v) is 3.96. The Labute approximate surface area is 100 Å². The lowest BCUT2D eigenvalue weighted by Crippen LogP contribution is -2.27. The van der Waals surface area contributed by atoms with E-state index >= 15 is 0 Å². The van der Waals surface area contributed by atoms with E-state index < -0.39 is 0 Å². The van der Waals surface area contributed by atoms with Gasteiger partial charge in [-0.15, -0.1) is 11.3 Å². The highest BCUT2D eigenvalue weighted by atomic mass is 32.1. The average molecular weight is 235 g/mol. The molecule has 0 saturated carbocycles. The molecule has 3 heteroatoms. The van der Waals surface area contributed by atoms with Crippen molar-refractivity contribution >= 4 is 17.2 Å². The van der Waals surface area contributed by atoms with Crippen molar-refractivity contribution < 1.29 is 4.79 Å². The molecule has 0 fully saturated rings. The molecule has 1 amide bonds. The third kappa shape index (κ3) is 2.95. The number of carbonyl (C=O) groups is 1. The summed E-state index contributed by atoms with van der Waals surface area (Å²) in [5, 5.41) is 5.09. The number of allylic oxidation sites excluding steroid dienone is 2. The number of thiophene rings is 1. The second-order valence-corrected chi connectivity index (χ2v) is 5.25. The van der Waals surface area contributed by atoms with Gasteiger partial charge >= 0.3 is 0 Å². The Morgan fingerprint density at radius 3 is 3.19 bits per heavy atom. The highest BCUT2D eigenvalue weighted by Gasteiger charge is 2.16. The molecule has 1 aliphatic carbocycles. The molecule has 0 aromatic carbocycles. The Balaban J connectivity index is 1.80. The smallest absolute Gasteiger partial charge is 0.221 e. The minimum Gasteiger partial charge on any atom is -0.349 e. The predicted octanol–water partition coefficient (Wildman–Crippen LogP) is 3.28. The van der Waals surface area contributed by atoms with Crippen molar-refractivity contribution in [1.29, 1.82) is 0 Å². The number of rotatable bonds is 4. The topological polar surface area (TPSA) is 29.1 Å². The van der Waals surface area contributed by atoms with E-state index in [2.05, 4.69) is 23.5 Å². The number of hydrogen-bond acceptors (Lipinski definition) is 2. The van der Waals surface area contributed by atoms with Crippen molar-refractivity contribution in [2.45, 2.75) is 32.2 Å². The maximum atomic E-state index is 11.8. The average Bonchev–Trinajstić information content (AvgIpc) is 2.88. The molecule has 0 saturated heterocycles. The summed E-state index contributed by atoms with van der Waals surface area (Å²) in [5.41, 5.74) is 0. The lowest BCUT2D eigenvalue weighted by Gasteiger charge is -2.13. The monoisotopic (exact) mass is 235 g/mol. The quantitative estimate of drug-likeness (QED) is 0.797. The van der Waals surface area contributed by atoms with Gasteiger partial charge in [0.05, 0.1) is 6.04 Å². The molecule has 1 aromatic rings. The van der Waals surface area contributed by atoms with Gasteiger partial charge in [-0.2, -0.15) is 0 Å². The zero-order chi connectivity index (χ0) is 11.4. The first-order valence-electron chi connectivity index (χ1n) is 5.75. The highest BCUT2D eigenvalue weighted by Crippen LogP contribution is 2.22. The lowest BCUT2D eigenvalue weighted by atomic mass is 10.0. The van der Waals surface area contributed by atoms with Crippen LogP contribution >= 0.6 is 11.3 Å². The molecule has 2 rings (SSSR count). The van der Waals surface area contributed by atoms with Gasteiger partial charge in [-0.1, -0.05) is 18.2 Å². The van der Waals surface area contributed by atoms with Crippen molar-refractivity contribution in [3.8, 4) is 0 Å². The Hall–Kier alpha value is -1.09. The van der Waals surface area contributed by atoms with E-state index in [1.54, 1.807) is 11.3 Å². The lowest BCUT2D eigenvalue weighted by molar-refractivity contribution is -0.122. The van der Waals surface area contributed by atoms with E-state index in [1.807, 2.05) is 18.4 Å². The van der Waals surface area contributed by atoms with Crippen LogP contribution in [0.4, 0.5) is 0 Å². The summed E-state index contributed by atoms with van der Waals surface area (Å²) in [5.74, 6) is 0.619. The SMILES string of the molecule is C[C@@H](NC(=O)C[C@@H]1C=CCC1)c1cccs1. The van der Waals surface area contributed by atoms with E-state index in [0.29, 0.717) is 12.3 Å². The Morgan fingerprint density at radius 2 is 2.56 bits per heavy atom. The fourth-order valence-corrected chi connectivity index (χ4v) is 2.75. The van der Waals surface area contributed by atoms with Crippen LogP contribution in [0, 0.1) is 5.92 Å². The van der Waals surface area contributed by atoms with Crippen LogP contribution in [-0.2, 0) is 4.79 Å². The molecule has 1 N–H and O–H groups in total. The van der Waals surface area contributed by atoms with Gasteiger partial charge in [0.2, 0.25) is 5.91 Å². The van der Waals surface area contributed by atoms with Crippen LogP contribution in [0.5, 0.6) is 0 Å². The minimum atomic E-state index is 0.137. The molecule has 16 heavy (non-hydrogen) atoms. The van der Waals surface area contributed by atoms with Crippen LogP contribution in [0.15, 0.2) is 29.7 Å².